The molecule has 0 spiro atoms. The summed E-state index contributed by atoms with van der Waals surface area (Å²) in [7, 11) is -0.380. The van der Waals surface area contributed by atoms with E-state index in [0.29, 0.717) is 16.7 Å². The Hall–Kier alpha value is -1.20. The first-order valence-corrected chi connectivity index (χ1v) is 9.37. The van der Waals surface area contributed by atoms with E-state index in [1.165, 1.54) is 0 Å². The van der Waals surface area contributed by atoms with Crippen LogP contribution >= 0.6 is 23.2 Å². The van der Waals surface area contributed by atoms with E-state index < -0.39 is 0 Å². The lowest BCUT2D eigenvalue weighted by atomic mass is 9.78. The zero-order valence-corrected chi connectivity index (χ0v) is 17.2. The quantitative estimate of drug-likeness (QED) is 0.671. The molecule has 2 aromatic carbocycles. The van der Waals surface area contributed by atoms with Crippen LogP contribution in [-0.2, 0) is 15.9 Å². The molecule has 1 heterocycles. The molecule has 0 amide bonds. The van der Waals surface area contributed by atoms with Crippen molar-refractivity contribution in [3.8, 4) is 5.75 Å². The SMILES string of the molecule is Cc1cc(B2OC(C)(C)C(C)(C)O2)ccc1OCc1cc(Cl)ccc1Cl. The van der Waals surface area contributed by atoms with Crippen LogP contribution in [0.5, 0.6) is 5.75 Å². The van der Waals surface area contributed by atoms with Gasteiger partial charge in [0.2, 0.25) is 0 Å². The molecule has 0 bridgehead atoms. The second kappa shape index (κ2) is 7.08. The Labute approximate surface area is 165 Å². The first-order chi connectivity index (χ1) is 12.1. The number of hydrogen-bond donors (Lipinski definition) is 0. The van der Waals surface area contributed by atoms with Gasteiger partial charge in [-0.1, -0.05) is 35.3 Å². The van der Waals surface area contributed by atoms with Crippen LogP contribution in [0.4, 0.5) is 0 Å². The Kier molecular flexibility index (Phi) is 5.33. The molecule has 26 heavy (non-hydrogen) atoms. The van der Waals surface area contributed by atoms with E-state index in [2.05, 4.69) is 0 Å². The molecule has 1 fully saturated rings. The van der Waals surface area contributed by atoms with Crippen LogP contribution in [0.25, 0.3) is 0 Å². The second-order valence-corrected chi connectivity index (χ2v) is 8.48. The standard InChI is InChI=1S/C20H23BCl2O3/c1-13-10-15(21-25-19(2,3)20(4,5)26-21)6-9-18(13)24-12-14-11-16(22)7-8-17(14)23/h6-11H,12H2,1-5H3. The lowest BCUT2D eigenvalue weighted by molar-refractivity contribution is 0.00578. The van der Waals surface area contributed by atoms with Crippen LogP contribution < -0.4 is 10.2 Å². The van der Waals surface area contributed by atoms with E-state index in [1.54, 1.807) is 12.1 Å². The Morgan fingerprint density at radius 1 is 0.962 bits per heavy atom. The van der Waals surface area contributed by atoms with Crippen LogP contribution in [0, 0.1) is 6.92 Å². The molecule has 0 atom stereocenters. The number of hydrogen-bond acceptors (Lipinski definition) is 3. The fourth-order valence-electron chi connectivity index (χ4n) is 2.77. The third-order valence-electron chi connectivity index (χ3n) is 5.12. The van der Waals surface area contributed by atoms with Gasteiger partial charge in [-0.2, -0.15) is 0 Å². The highest BCUT2D eigenvalue weighted by Crippen LogP contribution is 2.36. The summed E-state index contributed by atoms with van der Waals surface area (Å²) in [6, 6.07) is 11.3. The van der Waals surface area contributed by atoms with Crippen LogP contribution in [0.1, 0.15) is 38.8 Å². The third kappa shape index (κ3) is 3.89. The minimum absolute atomic E-state index is 0.357. The van der Waals surface area contributed by atoms with Gasteiger partial charge in [0.25, 0.3) is 0 Å². The molecular formula is C20H23BCl2O3. The number of benzene rings is 2. The van der Waals surface area contributed by atoms with Crippen molar-refractivity contribution in [2.75, 3.05) is 0 Å². The minimum Gasteiger partial charge on any atom is -0.489 e. The van der Waals surface area contributed by atoms with Gasteiger partial charge < -0.3 is 14.0 Å². The van der Waals surface area contributed by atoms with Gasteiger partial charge in [0.15, 0.2) is 0 Å². The van der Waals surface area contributed by atoms with E-state index in [9.17, 15) is 0 Å². The fraction of sp³-hybridized carbons (Fsp3) is 0.400. The van der Waals surface area contributed by atoms with Crippen molar-refractivity contribution in [2.24, 2.45) is 0 Å². The maximum atomic E-state index is 6.20. The van der Waals surface area contributed by atoms with Crippen molar-refractivity contribution in [3.05, 3.63) is 57.6 Å². The van der Waals surface area contributed by atoms with Gasteiger partial charge in [-0.15, -0.1) is 0 Å². The fourth-order valence-corrected chi connectivity index (χ4v) is 3.14. The number of aryl methyl sites for hydroxylation is 1. The number of rotatable bonds is 4. The van der Waals surface area contributed by atoms with Gasteiger partial charge >= 0.3 is 7.12 Å². The van der Waals surface area contributed by atoms with Gasteiger partial charge in [-0.05, 0) is 69.9 Å². The Balaban J connectivity index is 1.73. The molecule has 0 saturated carbocycles. The summed E-state index contributed by atoms with van der Waals surface area (Å²) in [5.74, 6) is 0.793. The summed E-state index contributed by atoms with van der Waals surface area (Å²) in [5, 5.41) is 1.28. The van der Waals surface area contributed by atoms with E-state index in [0.717, 1.165) is 22.3 Å². The molecule has 0 N–H and O–H groups in total. The molecule has 0 aromatic heterocycles. The molecule has 6 heteroatoms. The monoisotopic (exact) mass is 392 g/mol. The van der Waals surface area contributed by atoms with E-state index in [4.69, 9.17) is 37.2 Å². The highest BCUT2D eigenvalue weighted by Gasteiger charge is 2.51. The topological polar surface area (TPSA) is 27.7 Å². The largest absolute Gasteiger partial charge is 0.494 e. The molecule has 138 valence electrons. The molecule has 3 nitrogen and oxygen atoms in total. The Bertz CT molecular complexity index is 805. The average Bonchev–Trinajstić information content (AvgIpc) is 2.77. The summed E-state index contributed by atoms with van der Waals surface area (Å²) in [4.78, 5) is 0. The van der Waals surface area contributed by atoms with Crippen LogP contribution in [-0.4, -0.2) is 18.3 Å². The second-order valence-electron chi connectivity index (χ2n) is 7.64. The maximum absolute atomic E-state index is 6.20. The molecule has 0 aliphatic carbocycles. The van der Waals surface area contributed by atoms with Crippen LogP contribution in [0.2, 0.25) is 10.0 Å². The minimum atomic E-state index is -0.380. The molecule has 1 saturated heterocycles. The first-order valence-electron chi connectivity index (χ1n) is 8.62. The van der Waals surface area contributed by atoms with E-state index in [1.807, 2.05) is 58.9 Å². The smallest absolute Gasteiger partial charge is 0.489 e. The van der Waals surface area contributed by atoms with Gasteiger partial charge in [-0.3, -0.25) is 0 Å². The Morgan fingerprint density at radius 3 is 2.23 bits per heavy atom. The third-order valence-corrected chi connectivity index (χ3v) is 5.72. The number of ether oxygens (including phenoxy) is 1. The predicted molar refractivity (Wildman–Crippen MR) is 108 cm³/mol. The van der Waals surface area contributed by atoms with Gasteiger partial charge in [0.1, 0.15) is 12.4 Å². The number of halogens is 2. The van der Waals surface area contributed by atoms with Crippen LogP contribution in [0.3, 0.4) is 0 Å². The van der Waals surface area contributed by atoms with Gasteiger partial charge in [-0.25, -0.2) is 0 Å². The lowest BCUT2D eigenvalue weighted by Crippen LogP contribution is -2.41. The van der Waals surface area contributed by atoms with Crippen molar-refractivity contribution in [1.29, 1.82) is 0 Å². The summed E-state index contributed by atoms with van der Waals surface area (Å²) >= 11 is 12.2. The van der Waals surface area contributed by atoms with Crippen LogP contribution in [0.15, 0.2) is 36.4 Å². The highest BCUT2D eigenvalue weighted by atomic mass is 35.5. The highest BCUT2D eigenvalue weighted by molar-refractivity contribution is 6.62. The molecule has 1 aliphatic heterocycles. The van der Waals surface area contributed by atoms with Crippen molar-refractivity contribution in [1.82, 2.24) is 0 Å². The molecule has 1 aliphatic rings. The summed E-state index contributed by atoms with van der Waals surface area (Å²) < 4.78 is 18.1. The summed E-state index contributed by atoms with van der Waals surface area (Å²) in [5.41, 5.74) is 2.13. The van der Waals surface area contributed by atoms with E-state index >= 15 is 0 Å². The maximum Gasteiger partial charge on any atom is 0.494 e. The molecule has 2 aromatic rings. The van der Waals surface area contributed by atoms with Crippen molar-refractivity contribution >= 4 is 35.8 Å². The lowest BCUT2D eigenvalue weighted by Gasteiger charge is -2.32. The first kappa shape index (κ1) is 19.6. The normalized spacial score (nSPS) is 18.2. The average molecular weight is 393 g/mol. The predicted octanol–water partition coefficient (Wildman–Crippen LogP) is 5.18. The van der Waals surface area contributed by atoms with E-state index in [-0.39, 0.29) is 18.3 Å². The van der Waals surface area contributed by atoms with Gasteiger partial charge in [0.05, 0.1) is 11.2 Å². The molecule has 0 radical (unpaired) electrons. The zero-order chi connectivity index (χ0) is 19.1. The summed E-state index contributed by atoms with van der Waals surface area (Å²) in [6.45, 7) is 10.6. The van der Waals surface area contributed by atoms with Crippen molar-refractivity contribution in [3.63, 3.8) is 0 Å². The summed E-state index contributed by atoms with van der Waals surface area (Å²) in [6.07, 6.45) is 0. The van der Waals surface area contributed by atoms with Crippen molar-refractivity contribution < 1.29 is 14.0 Å². The molecular weight excluding hydrogens is 370 g/mol. The van der Waals surface area contributed by atoms with Gasteiger partial charge in [0, 0.05) is 15.6 Å². The zero-order valence-electron chi connectivity index (χ0n) is 15.7. The Morgan fingerprint density at radius 2 is 1.62 bits per heavy atom. The van der Waals surface area contributed by atoms with Crippen molar-refractivity contribution in [2.45, 2.75) is 52.4 Å². The molecule has 3 rings (SSSR count). The molecule has 0 unspecified atom stereocenters.